The first-order chi connectivity index (χ1) is 18.6. The van der Waals surface area contributed by atoms with Crippen molar-refractivity contribution in [2.45, 2.75) is 44.6 Å². The molecule has 3 aromatic rings. The van der Waals surface area contributed by atoms with Crippen LogP contribution in [0.15, 0.2) is 60.7 Å². The van der Waals surface area contributed by atoms with E-state index in [-0.39, 0.29) is 17.9 Å². The molecule has 1 amide bonds. The minimum Gasteiger partial charge on any atom is -0.465 e. The van der Waals surface area contributed by atoms with Gasteiger partial charge in [0.15, 0.2) is 0 Å². The Morgan fingerprint density at radius 3 is 2.08 bits per heavy atom. The van der Waals surface area contributed by atoms with Gasteiger partial charge in [0, 0.05) is 31.1 Å². The summed E-state index contributed by atoms with van der Waals surface area (Å²) in [6.45, 7) is 3.70. The molecular weight excluding hydrogens is 494 g/mol. The second kappa shape index (κ2) is 12.7. The molecule has 1 N–H and O–H groups in total. The number of ether oxygens (including phenoxy) is 1. The normalized spacial score (nSPS) is 16.9. The fourth-order valence-corrected chi connectivity index (χ4v) is 7.05. The van der Waals surface area contributed by atoms with Crippen LogP contribution < -0.4 is 5.32 Å². The lowest BCUT2D eigenvalue weighted by atomic mass is 9.96. The Hall–Kier alpha value is -3.00. The van der Waals surface area contributed by atoms with Gasteiger partial charge in [0.2, 0.25) is 5.91 Å². The van der Waals surface area contributed by atoms with Crippen LogP contribution in [0, 0.1) is 0 Å². The van der Waals surface area contributed by atoms with Crippen molar-refractivity contribution in [1.29, 1.82) is 0 Å². The van der Waals surface area contributed by atoms with E-state index in [4.69, 9.17) is 4.74 Å². The summed E-state index contributed by atoms with van der Waals surface area (Å²) in [5.74, 6) is -0.416. The number of aryl methyl sites for hydroxylation is 1. The van der Waals surface area contributed by atoms with Crippen LogP contribution in [0.5, 0.6) is 0 Å². The standard InChI is InChI=1S/C31H37N3O3S/c1-37-31(36)28-25-16-10-2-3-11-17-26(25)38-30(28)32-27(35)22-33-18-20-34(21-19-33)29(23-12-6-4-7-13-23)24-14-8-5-9-15-24/h4-9,12-15,29H,2-3,10-11,16-22H2,1H3,(H,32,35). The number of methoxy groups -OCH3 is 1. The van der Waals surface area contributed by atoms with Crippen LogP contribution in [-0.2, 0) is 22.4 Å². The Balaban J connectivity index is 1.24. The molecule has 1 saturated heterocycles. The lowest BCUT2D eigenvalue weighted by molar-refractivity contribution is -0.117. The molecule has 0 unspecified atom stereocenters. The number of nitrogens with one attached hydrogen (secondary N) is 1. The molecule has 2 heterocycles. The molecule has 0 radical (unpaired) electrons. The van der Waals surface area contributed by atoms with Crippen molar-refractivity contribution in [3.05, 3.63) is 87.8 Å². The van der Waals surface area contributed by atoms with E-state index < -0.39 is 0 Å². The number of carbonyl (C=O) groups excluding carboxylic acids is 2. The molecule has 1 fully saturated rings. The van der Waals surface area contributed by atoms with Gasteiger partial charge in [0.25, 0.3) is 0 Å². The van der Waals surface area contributed by atoms with Crippen LogP contribution in [0.4, 0.5) is 5.00 Å². The molecule has 0 bridgehead atoms. The first kappa shape index (κ1) is 26.6. The molecule has 2 aromatic carbocycles. The lowest BCUT2D eigenvalue weighted by Gasteiger charge is -2.39. The largest absolute Gasteiger partial charge is 0.465 e. The zero-order valence-electron chi connectivity index (χ0n) is 22.2. The van der Waals surface area contributed by atoms with Crippen LogP contribution in [0.2, 0.25) is 0 Å². The summed E-state index contributed by atoms with van der Waals surface area (Å²) in [6, 6.07) is 21.5. The third-order valence-corrected chi connectivity index (χ3v) is 8.89. The van der Waals surface area contributed by atoms with E-state index in [9.17, 15) is 9.59 Å². The van der Waals surface area contributed by atoms with Gasteiger partial charge in [-0.25, -0.2) is 4.79 Å². The smallest absolute Gasteiger partial charge is 0.341 e. The van der Waals surface area contributed by atoms with Crippen LogP contribution in [-0.4, -0.2) is 61.5 Å². The van der Waals surface area contributed by atoms with Crippen LogP contribution >= 0.6 is 11.3 Å². The van der Waals surface area contributed by atoms with E-state index >= 15 is 0 Å². The second-order valence-corrected chi connectivity index (χ2v) is 11.3. The van der Waals surface area contributed by atoms with Gasteiger partial charge in [-0.1, -0.05) is 73.5 Å². The van der Waals surface area contributed by atoms with Gasteiger partial charge in [0.1, 0.15) is 5.00 Å². The van der Waals surface area contributed by atoms with Crippen molar-refractivity contribution in [2.75, 3.05) is 45.2 Å². The minimum absolute atomic E-state index is 0.0690. The highest BCUT2D eigenvalue weighted by atomic mass is 32.1. The SMILES string of the molecule is COC(=O)c1c(NC(=O)CN2CCN(C(c3ccccc3)c3ccccc3)CC2)sc2c1CCCCCC2. The molecule has 0 spiro atoms. The van der Waals surface area contributed by atoms with E-state index in [1.165, 1.54) is 36.0 Å². The number of anilines is 1. The van der Waals surface area contributed by atoms with Crippen LogP contribution in [0.25, 0.3) is 0 Å². The summed E-state index contributed by atoms with van der Waals surface area (Å²) in [4.78, 5) is 31.8. The van der Waals surface area contributed by atoms with E-state index in [0.717, 1.165) is 57.4 Å². The average Bonchev–Trinajstić information content (AvgIpc) is 3.26. The van der Waals surface area contributed by atoms with Gasteiger partial charge < -0.3 is 10.1 Å². The third kappa shape index (κ3) is 6.17. The van der Waals surface area contributed by atoms with Crippen LogP contribution in [0.1, 0.15) is 63.7 Å². The Morgan fingerprint density at radius 2 is 1.47 bits per heavy atom. The highest BCUT2D eigenvalue weighted by molar-refractivity contribution is 7.17. The van der Waals surface area contributed by atoms with Gasteiger partial charge in [-0.2, -0.15) is 0 Å². The van der Waals surface area contributed by atoms with Crippen molar-refractivity contribution in [1.82, 2.24) is 9.80 Å². The van der Waals surface area contributed by atoms with Crippen molar-refractivity contribution in [2.24, 2.45) is 0 Å². The van der Waals surface area contributed by atoms with E-state index in [2.05, 4.69) is 75.8 Å². The number of hydrogen-bond donors (Lipinski definition) is 1. The molecule has 2 aliphatic rings. The van der Waals surface area contributed by atoms with Gasteiger partial charge in [0.05, 0.1) is 25.3 Å². The highest BCUT2D eigenvalue weighted by Crippen LogP contribution is 2.37. The zero-order chi connectivity index (χ0) is 26.3. The highest BCUT2D eigenvalue weighted by Gasteiger charge is 2.29. The monoisotopic (exact) mass is 531 g/mol. The summed E-state index contributed by atoms with van der Waals surface area (Å²) < 4.78 is 5.11. The predicted molar refractivity (Wildman–Crippen MR) is 153 cm³/mol. The van der Waals surface area contributed by atoms with Crippen molar-refractivity contribution in [3.63, 3.8) is 0 Å². The number of nitrogens with zero attached hydrogens (tertiary/aromatic N) is 2. The molecule has 7 heteroatoms. The molecular formula is C31H37N3O3S. The third-order valence-electron chi connectivity index (χ3n) is 7.68. The molecule has 0 saturated carbocycles. The molecule has 6 nitrogen and oxygen atoms in total. The minimum atomic E-state index is -0.347. The van der Waals surface area contributed by atoms with Gasteiger partial charge in [-0.15, -0.1) is 11.3 Å². The Morgan fingerprint density at radius 1 is 0.868 bits per heavy atom. The molecule has 200 valence electrons. The molecule has 5 rings (SSSR count). The maximum absolute atomic E-state index is 13.1. The quantitative estimate of drug-likeness (QED) is 0.406. The summed E-state index contributed by atoms with van der Waals surface area (Å²) in [5.41, 5.74) is 4.22. The van der Waals surface area contributed by atoms with E-state index in [0.29, 0.717) is 17.1 Å². The topological polar surface area (TPSA) is 61.9 Å². The van der Waals surface area contributed by atoms with Crippen molar-refractivity contribution < 1.29 is 14.3 Å². The number of carbonyl (C=O) groups is 2. The molecule has 1 aliphatic heterocycles. The fourth-order valence-electron chi connectivity index (χ4n) is 5.76. The molecule has 1 aromatic heterocycles. The molecule has 0 atom stereocenters. The maximum atomic E-state index is 13.1. The first-order valence-corrected chi connectivity index (χ1v) is 14.5. The summed E-state index contributed by atoms with van der Waals surface area (Å²) in [6.07, 6.45) is 6.42. The number of benzene rings is 2. The van der Waals surface area contributed by atoms with Gasteiger partial charge in [-0.3, -0.25) is 14.6 Å². The number of hydrogen-bond acceptors (Lipinski definition) is 6. The van der Waals surface area contributed by atoms with Crippen molar-refractivity contribution >= 4 is 28.2 Å². The molecule has 1 aliphatic carbocycles. The number of rotatable bonds is 7. The number of amides is 1. The number of fused-ring (bicyclic) bond motifs is 1. The Kier molecular flexibility index (Phi) is 8.89. The first-order valence-electron chi connectivity index (χ1n) is 13.7. The lowest BCUT2D eigenvalue weighted by Crippen LogP contribution is -2.49. The average molecular weight is 532 g/mol. The van der Waals surface area contributed by atoms with Gasteiger partial charge in [-0.05, 0) is 42.4 Å². The van der Waals surface area contributed by atoms with E-state index in [1.807, 2.05) is 0 Å². The molecule has 38 heavy (non-hydrogen) atoms. The number of esters is 1. The second-order valence-electron chi connectivity index (χ2n) is 10.2. The fraction of sp³-hybridized carbons (Fsp3) is 0.419. The summed E-state index contributed by atoms with van der Waals surface area (Å²) >= 11 is 1.56. The van der Waals surface area contributed by atoms with Crippen molar-refractivity contribution in [3.8, 4) is 0 Å². The van der Waals surface area contributed by atoms with Crippen LogP contribution in [0.3, 0.4) is 0 Å². The number of thiophene rings is 1. The Bertz CT molecular complexity index is 1180. The zero-order valence-corrected chi connectivity index (χ0v) is 23.0. The summed E-state index contributed by atoms with van der Waals surface area (Å²) in [7, 11) is 1.42. The maximum Gasteiger partial charge on any atom is 0.341 e. The van der Waals surface area contributed by atoms with E-state index in [1.54, 1.807) is 11.3 Å². The number of piperazine rings is 1. The summed E-state index contributed by atoms with van der Waals surface area (Å²) in [5, 5.41) is 3.73. The Labute approximate surface area is 229 Å². The van der Waals surface area contributed by atoms with Gasteiger partial charge >= 0.3 is 5.97 Å². The predicted octanol–water partition coefficient (Wildman–Crippen LogP) is 5.54.